The van der Waals surface area contributed by atoms with E-state index in [1.54, 1.807) is 43.3 Å². The van der Waals surface area contributed by atoms with Gasteiger partial charge in [0.1, 0.15) is 6.04 Å². The van der Waals surface area contributed by atoms with Gasteiger partial charge in [0.25, 0.3) is 11.8 Å². The van der Waals surface area contributed by atoms with Crippen molar-refractivity contribution in [1.82, 2.24) is 15.1 Å². The Bertz CT molecular complexity index is 1000. The third kappa shape index (κ3) is 4.99. The third-order valence-electron chi connectivity index (χ3n) is 5.47. The molecule has 1 atom stereocenters. The fourth-order valence-corrected chi connectivity index (χ4v) is 3.88. The van der Waals surface area contributed by atoms with E-state index in [1.165, 1.54) is 9.80 Å². The molecule has 0 radical (unpaired) electrons. The second kappa shape index (κ2) is 10.4. The van der Waals surface area contributed by atoms with Crippen LogP contribution in [0.5, 0.6) is 0 Å². The second-order valence-corrected chi connectivity index (χ2v) is 8.00. The van der Waals surface area contributed by atoms with Gasteiger partial charge in [-0.15, -0.1) is 0 Å². The Morgan fingerprint density at radius 1 is 1.03 bits per heavy atom. The number of carbonyl (C=O) groups excluding carboxylic acids is 4. The van der Waals surface area contributed by atoms with Crippen molar-refractivity contribution in [3.8, 4) is 0 Å². The van der Waals surface area contributed by atoms with Crippen molar-refractivity contribution >= 4 is 35.2 Å². The largest absolute Gasteiger partial charge is 0.355 e. The minimum atomic E-state index is -0.696. The third-order valence-corrected chi connectivity index (χ3v) is 5.84. The monoisotopic (exact) mass is 455 g/mol. The maximum absolute atomic E-state index is 13.1. The average Bonchev–Trinajstić information content (AvgIpc) is 3.03. The number of halogens is 1. The average molecular weight is 456 g/mol. The van der Waals surface area contributed by atoms with Gasteiger partial charge in [-0.3, -0.25) is 24.1 Å². The molecule has 0 saturated heterocycles. The Morgan fingerprint density at radius 2 is 1.62 bits per heavy atom. The number of amides is 4. The lowest BCUT2D eigenvalue weighted by Crippen LogP contribution is -2.47. The highest BCUT2D eigenvalue weighted by molar-refractivity contribution is 6.31. The van der Waals surface area contributed by atoms with E-state index in [4.69, 9.17) is 11.6 Å². The summed E-state index contributed by atoms with van der Waals surface area (Å²) in [5, 5.41) is 3.25. The number of imide groups is 1. The maximum Gasteiger partial charge on any atom is 0.261 e. The van der Waals surface area contributed by atoms with E-state index in [0.717, 1.165) is 5.56 Å². The Kier molecular flexibility index (Phi) is 7.64. The first-order chi connectivity index (χ1) is 15.3. The molecule has 3 rings (SSSR count). The van der Waals surface area contributed by atoms with Gasteiger partial charge in [0.2, 0.25) is 11.8 Å². The Balaban J connectivity index is 1.67. The van der Waals surface area contributed by atoms with Crippen LogP contribution in [0.3, 0.4) is 0 Å². The van der Waals surface area contributed by atoms with Gasteiger partial charge in [-0.2, -0.15) is 0 Å². The molecule has 0 fully saturated rings. The van der Waals surface area contributed by atoms with Crippen LogP contribution >= 0.6 is 11.6 Å². The summed E-state index contributed by atoms with van der Waals surface area (Å²) in [5.41, 5.74) is 1.50. The topological polar surface area (TPSA) is 86.8 Å². The zero-order valence-corrected chi connectivity index (χ0v) is 18.9. The maximum atomic E-state index is 13.1. The van der Waals surface area contributed by atoms with Crippen molar-refractivity contribution in [2.24, 2.45) is 0 Å². The molecule has 168 valence electrons. The number of rotatable bonds is 9. The van der Waals surface area contributed by atoms with Gasteiger partial charge < -0.3 is 10.2 Å². The normalized spacial score (nSPS) is 13.7. The molecule has 0 saturated carbocycles. The zero-order valence-electron chi connectivity index (χ0n) is 18.1. The summed E-state index contributed by atoms with van der Waals surface area (Å²) in [7, 11) is 0. The van der Waals surface area contributed by atoms with Crippen molar-refractivity contribution in [3.63, 3.8) is 0 Å². The summed E-state index contributed by atoms with van der Waals surface area (Å²) >= 11 is 6.27. The molecule has 2 aromatic carbocycles. The molecule has 1 aliphatic rings. The molecule has 0 bridgehead atoms. The van der Waals surface area contributed by atoms with Gasteiger partial charge in [-0.25, -0.2) is 0 Å². The van der Waals surface area contributed by atoms with Gasteiger partial charge in [0.05, 0.1) is 11.1 Å². The van der Waals surface area contributed by atoms with Crippen LogP contribution in [0.15, 0.2) is 48.5 Å². The number of hydrogen-bond donors (Lipinski definition) is 1. The van der Waals surface area contributed by atoms with Gasteiger partial charge >= 0.3 is 0 Å². The molecule has 1 aliphatic heterocycles. The smallest absolute Gasteiger partial charge is 0.261 e. The molecule has 0 aromatic heterocycles. The van der Waals surface area contributed by atoms with E-state index < -0.39 is 6.04 Å². The quantitative estimate of drug-likeness (QED) is 0.588. The highest BCUT2D eigenvalue weighted by Gasteiger charge is 2.35. The molecule has 1 N–H and O–H groups in total. The molecule has 0 aliphatic carbocycles. The van der Waals surface area contributed by atoms with E-state index >= 15 is 0 Å². The molecule has 7 nitrogen and oxygen atoms in total. The predicted octanol–water partition coefficient (Wildman–Crippen LogP) is 3.27. The molecular formula is C24H26ClN3O4. The van der Waals surface area contributed by atoms with Crippen molar-refractivity contribution in [3.05, 3.63) is 70.2 Å². The first-order valence-electron chi connectivity index (χ1n) is 10.6. The standard InChI is InChI=1S/C24H26ClN3O4/c1-3-26-22(30)16(2)28(15-17-9-4-7-12-20(17)25)21(29)13-8-14-27-23(31)18-10-5-6-11-19(18)24(27)32/h4-7,9-12,16H,3,8,13-15H2,1-2H3,(H,26,30). The van der Waals surface area contributed by atoms with Crippen molar-refractivity contribution in [2.45, 2.75) is 39.3 Å². The second-order valence-electron chi connectivity index (χ2n) is 7.59. The molecule has 1 heterocycles. The number of fused-ring (bicyclic) bond motifs is 1. The van der Waals surface area contributed by atoms with Crippen LogP contribution in [-0.2, 0) is 16.1 Å². The minimum absolute atomic E-state index is 0.0849. The summed E-state index contributed by atoms with van der Waals surface area (Å²) in [6.07, 6.45) is 0.382. The van der Waals surface area contributed by atoms with Gasteiger partial charge in [0, 0.05) is 31.1 Å². The van der Waals surface area contributed by atoms with Crippen LogP contribution in [0.2, 0.25) is 5.02 Å². The van der Waals surface area contributed by atoms with E-state index in [0.29, 0.717) is 29.1 Å². The lowest BCUT2D eigenvalue weighted by atomic mass is 10.1. The SMILES string of the molecule is CCNC(=O)C(C)N(Cc1ccccc1Cl)C(=O)CCCN1C(=O)c2ccccc2C1=O. The van der Waals surface area contributed by atoms with E-state index in [-0.39, 0.29) is 43.1 Å². The van der Waals surface area contributed by atoms with E-state index in [2.05, 4.69) is 5.32 Å². The Morgan fingerprint density at radius 3 is 2.22 bits per heavy atom. The van der Waals surface area contributed by atoms with Crippen molar-refractivity contribution < 1.29 is 19.2 Å². The van der Waals surface area contributed by atoms with Crippen LogP contribution in [0.1, 0.15) is 53.0 Å². The summed E-state index contributed by atoms with van der Waals surface area (Å²) in [6, 6.07) is 13.2. The highest BCUT2D eigenvalue weighted by Crippen LogP contribution is 2.23. The summed E-state index contributed by atoms with van der Waals surface area (Å²) in [5.74, 6) is -1.20. The Hall–Kier alpha value is -3.19. The fourth-order valence-electron chi connectivity index (χ4n) is 3.69. The molecular weight excluding hydrogens is 430 g/mol. The molecule has 32 heavy (non-hydrogen) atoms. The number of carbonyl (C=O) groups is 4. The van der Waals surface area contributed by atoms with Gasteiger partial charge in [-0.05, 0) is 44.0 Å². The lowest BCUT2D eigenvalue weighted by Gasteiger charge is -2.29. The predicted molar refractivity (Wildman–Crippen MR) is 121 cm³/mol. The van der Waals surface area contributed by atoms with Crippen LogP contribution in [0.25, 0.3) is 0 Å². The summed E-state index contributed by atoms with van der Waals surface area (Å²) < 4.78 is 0. The van der Waals surface area contributed by atoms with Crippen molar-refractivity contribution in [2.75, 3.05) is 13.1 Å². The van der Waals surface area contributed by atoms with E-state index in [1.807, 2.05) is 19.1 Å². The summed E-state index contributed by atoms with van der Waals surface area (Å²) in [4.78, 5) is 53.2. The lowest BCUT2D eigenvalue weighted by molar-refractivity contribution is -0.140. The summed E-state index contributed by atoms with van der Waals surface area (Å²) in [6.45, 7) is 4.26. The van der Waals surface area contributed by atoms with Gasteiger partial charge in [-0.1, -0.05) is 41.9 Å². The van der Waals surface area contributed by atoms with Crippen LogP contribution in [0, 0.1) is 0 Å². The first kappa shape index (κ1) is 23.5. The number of hydrogen-bond acceptors (Lipinski definition) is 4. The molecule has 2 aromatic rings. The fraction of sp³-hybridized carbons (Fsp3) is 0.333. The molecule has 1 unspecified atom stereocenters. The first-order valence-corrected chi connectivity index (χ1v) is 11.0. The number of benzene rings is 2. The van der Waals surface area contributed by atoms with Crippen molar-refractivity contribution in [1.29, 1.82) is 0 Å². The van der Waals surface area contributed by atoms with Crippen LogP contribution in [-0.4, -0.2) is 52.6 Å². The van der Waals surface area contributed by atoms with E-state index in [9.17, 15) is 19.2 Å². The number of nitrogens with zero attached hydrogens (tertiary/aromatic N) is 2. The molecule has 8 heteroatoms. The van der Waals surface area contributed by atoms with Gasteiger partial charge in [0.15, 0.2) is 0 Å². The Labute approximate surface area is 192 Å². The molecule has 0 spiro atoms. The highest BCUT2D eigenvalue weighted by atomic mass is 35.5. The number of likely N-dealkylation sites (N-methyl/N-ethyl adjacent to an activating group) is 1. The molecule has 4 amide bonds. The number of nitrogens with one attached hydrogen (secondary N) is 1. The zero-order chi connectivity index (χ0) is 23.3. The van der Waals surface area contributed by atoms with Crippen LogP contribution < -0.4 is 5.32 Å². The van der Waals surface area contributed by atoms with Crippen LogP contribution in [0.4, 0.5) is 0 Å². The minimum Gasteiger partial charge on any atom is -0.355 e.